The maximum absolute atomic E-state index is 12.8. The normalized spacial score (nSPS) is 18.8. The second-order valence-electron chi connectivity index (χ2n) is 7.87. The number of rotatable bonds is 9. The zero-order valence-corrected chi connectivity index (χ0v) is 16.0. The summed E-state index contributed by atoms with van der Waals surface area (Å²) in [6, 6.07) is 0.543. The molecule has 0 unspecified atom stereocenters. The van der Waals surface area contributed by atoms with Gasteiger partial charge in [-0.25, -0.2) is 0 Å². The Labute approximate surface area is 142 Å². The molecule has 1 heterocycles. The van der Waals surface area contributed by atoms with Crippen molar-refractivity contribution in [2.75, 3.05) is 53.5 Å². The topological polar surface area (TPSA) is 44.8 Å². The highest BCUT2D eigenvalue weighted by molar-refractivity contribution is 5.83. The Morgan fingerprint density at radius 3 is 2.30 bits per heavy atom. The molecule has 0 radical (unpaired) electrons. The summed E-state index contributed by atoms with van der Waals surface area (Å²) in [6.45, 7) is 13.5. The molecule has 0 saturated carbocycles. The van der Waals surface area contributed by atoms with Crippen LogP contribution in [0.3, 0.4) is 0 Å². The standard InChI is InChI=1S/C18H37N3O2/c1-15(2)13-19-17(22)18(14-23-12-11-20(5)6)7-9-21(10-8-18)16(3)4/h15-16H,7-14H2,1-6H3,(H,19,22). The quantitative estimate of drug-likeness (QED) is 0.656. The second-order valence-corrected chi connectivity index (χ2v) is 7.87. The van der Waals surface area contributed by atoms with Gasteiger partial charge in [-0.15, -0.1) is 0 Å². The summed E-state index contributed by atoms with van der Waals surface area (Å²) in [6.07, 6.45) is 1.77. The van der Waals surface area contributed by atoms with E-state index in [4.69, 9.17) is 4.74 Å². The van der Waals surface area contributed by atoms with E-state index in [0.29, 0.717) is 25.2 Å². The molecule has 0 atom stereocenters. The molecule has 1 amide bonds. The first-order chi connectivity index (χ1) is 10.8. The van der Waals surface area contributed by atoms with Gasteiger partial charge < -0.3 is 19.9 Å². The van der Waals surface area contributed by atoms with Crippen molar-refractivity contribution in [3.63, 3.8) is 0 Å². The lowest BCUT2D eigenvalue weighted by Crippen LogP contribution is -2.53. The molecule has 1 fully saturated rings. The van der Waals surface area contributed by atoms with Crippen molar-refractivity contribution in [1.82, 2.24) is 15.1 Å². The molecule has 0 aromatic heterocycles. The molecular formula is C18H37N3O2. The van der Waals surface area contributed by atoms with E-state index >= 15 is 0 Å². The lowest BCUT2D eigenvalue weighted by Gasteiger charge is -2.42. The van der Waals surface area contributed by atoms with E-state index in [2.05, 4.69) is 42.8 Å². The molecule has 0 bridgehead atoms. The van der Waals surface area contributed by atoms with Crippen LogP contribution in [-0.4, -0.2) is 75.2 Å². The summed E-state index contributed by atoms with van der Waals surface area (Å²) in [4.78, 5) is 17.4. The summed E-state index contributed by atoms with van der Waals surface area (Å²) in [5, 5.41) is 3.14. The van der Waals surface area contributed by atoms with Crippen LogP contribution in [0.5, 0.6) is 0 Å². The maximum Gasteiger partial charge on any atom is 0.228 e. The average Bonchev–Trinajstić information content (AvgIpc) is 2.49. The van der Waals surface area contributed by atoms with Gasteiger partial charge in [0, 0.05) is 19.1 Å². The first kappa shape index (κ1) is 20.4. The van der Waals surface area contributed by atoms with Gasteiger partial charge in [-0.3, -0.25) is 4.79 Å². The van der Waals surface area contributed by atoms with Crippen molar-refractivity contribution < 1.29 is 9.53 Å². The number of hydrogen-bond acceptors (Lipinski definition) is 4. The molecule has 0 spiro atoms. The van der Waals surface area contributed by atoms with Crippen LogP contribution in [0.4, 0.5) is 0 Å². The highest BCUT2D eigenvalue weighted by atomic mass is 16.5. The zero-order valence-electron chi connectivity index (χ0n) is 16.0. The number of amides is 1. The number of nitrogens with zero attached hydrogens (tertiary/aromatic N) is 2. The molecule has 1 rings (SSSR count). The second kappa shape index (κ2) is 9.60. The minimum absolute atomic E-state index is 0.180. The molecule has 5 nitrogen and oxygen atoms in total. The van der Waals surface area contributed by atoms with E-state index < -0.39 is 0 Å². The summed E-state index contributed by atoms with van der Waals surface area (Å²) < 4.78 is 5.89. The fraction of sp³-hybridized carbons (Fsp3) is 0.944. The number of ether oxygens (including phenoxy) is 1. The van der Waals surface area contributed by atoms with Gasteiger partial charge in [0.2, 0.25) is 5.91 Å². The number of hydrogen-bond donors (Lipinski definition) is 1. The van der Waals surface area contributed by atoms with E-state index in [0.717, 1.165) is 39.0 Å². The van der Waals surface area contributed by atoms with E-state index in [1.807, 2.05) is 14.1 Å². The number of carbonyl (C=O) groups excluding carboxylic acids is 1. The minimum atomic E-state index is -0.355. The van der Waals surface area contributed by atoms with E-state index in [1.165, 1.54) is 0 Å². The number of likely N-dealkylation sites (tertiary alicyclic amines) is 1. The fourth-order valence-electron chi connectivity index (χ4n) is 2.90. The van der Waals surface area contributed by atoms with E-state index in [1.54, 1.807) is 0 Å². The Bertz CT molecular complexity index is 348. The molecule has 0 aromatic carbocycles. The maximum atomic E-state index is 12.8. The Kier molecular flexibility index (Phi) is 8.51. The predicted octanol–water partition coefficient (Wildman–Crippen LogP) is 1.83. The highest BCUT2D eigenvalue weighted by Gasteiger charge is 2.41. The molecule has 23 heavy (non-hydrogen) atoms. The lowest BCUT2D eigenvalue weighted by molar-refractivity contribution is -0.139. The van der Waals surface area contributed by atoms with Gasteiger partial charge in [0.15, 0.2) is 0 Å². The van der Waals surface area contributed by atoms with Crippen molar-refractivity contribution >= 4 is 5.91 Å². The van der Waals surface area contributed by atoms with E-state index in [-0.39, 0.29) is 11.3 Å². The van der Waals surface area contributed by atoms with Gasteiger partial charge in [-0.05, 0) is 59.8 Å². The highest BCUT2D eigenvalue weighted by Crippen LogP contribution is 2.33. The molecule has 1 aliphatic rings. The van der Waals surface area contributed by atoms with Crippen LogP contribution in [0.25, 0.3) is 0 Å². The molecule has 1 saturated heterocycles. The van der Waals surface area contributed by atoms with Gasteiger partial charge >= 0.3 is 0 Å². The van der Waals surface area contributed by atoms with Gasteiger partial charge in [0.25, 0.3) is 0 Å². The Balaban J connectivity index is 2.62. The number of likely N-dealkylation sites (N-methyl/N-ethyl adjacent to an activating group) is 1. The van der Waals surface area contributed by atoms with Crippen LogP contribution < -0.4 is 5.32 Å². The smallest absolute Gasteiger partial charge is 0.228 e. The van der Waals surface area contributed by atoms with Gasteiger partial charge in [-0.1, -0.05) is 13.8 Å². The number of piperidine rings is 1. The monoisotopic (exact) mass is 327 g/mol. The third-order valence-electron chi connectivity index (χ3n) is 4.70. The first-order valence-corrected chi connectivity index (χ1v) is 9.01. The molecule has 0 aromatic rings. The molecule has 5 heteroatoms. The van der Waals surface area contributed by atoms with Crippen molar-refractivity contribution in [2.24, 2.45) is 11.3 Å². The zero-order chi connectivity index (χ0) is 17.5. The van der Waals surface area contributed by atoms with Crippen LogP contribution in [-0.2, 0) is 9.53 Å². The van der Waals surface area contributed by atoms with Crippen molar-refractivity contribution in [2.45, 2.75) is 46.6 Å². The number of carbonyl (C=O) groups is 1. The summed E-state index contributed by atoms with van der Waals surface area (Å²) in [5.74, 6) is 0.654. The number of nitrogens with one attached hydrogen (secondary N) is 1. The molecule has 136 valence electrons. The summed E-state index contributed by atoms with van der Waals surface area (Å²) in [7, 11) is 4.07. The lowest BCUT2D eigenvalue weighted by atomic mass is 9.77. The van der Waals surface area contributed by atoms with Gasteiger partial charge in [0.05, 0.1) is 18.6 Å². The Morgan fingerprint density at radius 1 is 1.22 bits per heavy atom. The Hall–Kier alpha value is -0.650. The van der Waals surface area contributed by atoms with Gasteiger partial charge in [0.1, 0.15) is 0 Å². The van der Waals surface area contributed by atoms with Crippen LogP contribution in [0, 0.1) is 11.3 Å². The molecule has 0 aliphatic carbocycles. The van der Waals surface area contributed by atoms with Gasteiger partial charge in [-0.2, -0.15) is 0 Å². The largest absolute Gasteiger partial charge is 0.379 e. The summed E-state index contributed by atoms with van der Waals surface area (Å²) >= 11 is 0. The van der Waals surface area contributed by atoms with Crippen molar-refractivity contribution in [3.05, 3.63) is 0 Å². The predicted molar refractivity (Wildman–Crippen MR) is 95.6 cm³/mol. The van der Waals surface area contributed by atoms with Crippen LogP contribution in [0.15, 0.2) is 0 Å². The molecule has 1 aliphatic heterocycles. The third kappa shape index (κ3) is 6.77. The average molecular weight is 328 g/mol. The third-order valence-corrected chi connectivity index (χ3v) is 4.70. The Morgan fingerprint density at radius 2 is 1.83 bits per heavy atom. The van der Waals surface area contributed by atoms with Crippen LogP contribution in [0.1, 0.15) is 40.5 Å². The molecular weight excluding hydrogens is 290 g/mol. The molecule has 1 N–H and O–H groups in total. The van der Waals surface area contributed by atoms with Crippen LogP contribution in [0.2, 0.25) is 0 Å². The fourth-order valence-corrected chi connectivity index (χ4v) is 2.90. The van der Waals surface area contributed by atoms with E-state index in [9.17, 15) is 4.79 Å². The van der Waals surface area contributed by atoms with Crippen LogP contribution >= 0.6 is 0 Å². The summed E-state index contributed by atoms with van der Waals surface area (Å²) in [5.41, 5.74) is -0.355. The first-order valence-electron chi connectivity index (χ1n) is 9.01. The SMILES string of the molecule is CC(C)CNC(=O)C1(COCCN(C)C)CCN(C(C)C)CC1. The van der Waals surface area contributed by atoms with Crippen molar-refractivity contribution in [3.8, 4) is 0 Å². The van der Waals surface area contributed by atoms with Crippen molar-refractivity contribution in [1.29, 1.82) is 0 Å². The minimum Gasteiger partial charge on any atom is -0.379 e.